The van der Waals surface area contributed by atoms with E-state index in [1.807, 2.05) is 24.3 Å². The second-order valence-corrected chi connectivity index (χ2v) is 5.01. The summed E-state index contributed by atoms with van der Waals surface area (Å²) in [6.45, 7) is 3.48. The maximum Gasteiger partial charge on any atom is 0.244 e. The highest BCUT2D eigenvalue weighted by Crippen LogP contribution is 2.26. The van der Waals surface area contributed by atoms with Crippen molar-refractivity contribution in [1.82, 2.24) is 5.32 Å². The van der Waals surface area contributed by atoms with Gasteiger partial charge in [0.15, 0.2) is 0 Å². The Labute approximate surface area is 114 Å². The number of methoxy groups -OCH3 is 1. The first-order chi connectivity index (χ1) is 9.22. The van der Waals surface area contributed by atoms with Crippen LogP contribution in [-0.4, -0.2) is 25.1 Å². The van der Waals surface area contributed by atoms with Gasteiger partial charge < -0.3 is 15.4 Å². The van der Waals surface area contributed by atoms with E-state index >= 15 is 0 Å². The number of para-hydroxylation sites is 1. The van der Waals surface area contributed by atoms with Crippen LogP contribution in [0, 0.1) is 0 Å². The minimum atomic E-state index is -0.403. The van der Waals surface area contributed by atoms with Gasteiger partial charge in [0.2, 0.25) is 5.91 Å². The molecule has 1 unspecified atom stereocenters. The number of rotatable bonds is 5. The van der Waals surface area contributed by atoms with Crippen LogP contribution in [-0.2, 0) is 16.1 Å². The Hall–Kier alpha value is -1.39. The maximum atomic E-state index is 12.5. The summed E-state index contributed by atoms with van der Waals surface area (Å²) in [5.74, 6) is 0.0658. The zero-order valence-electron chi connectivity index (χ0n) is 11.7. The average molecular weight is 262 g/mol. The molecule has 1 aliphatic heterocycles. The first-order valence-electron chi connectivity index (χ1n) is 6.85. The van der Waals surface area contributed by atoms with E-state index in [0.29, 0.717) is 6.61 Å². The van der Waals surface area contributed by atoms with E-state index in [1.54, 1.807) is 7.11 Å². The average Bonchev–Trinajstić information content (AvgIpc) is 2.91. The highest BCUT2D eigenvalue weighted by molar-refractivity contribution is 5.98. The van der Waals surface area contributed by atoms with Gasteiger partial charge in [0.25, 0.3) is 0 Å². The van der Waals surface area contributed by atoms with E-state index in [9.17, 15) is 4.79 Å². The molecule has 104 valence electrons. The lowest BCUT2D eigenvalue weighted by Crippen LogP contribution is -2.50. The van der Waals surface area contributed by atoms with Crippen LogP contribution < -0.4 is 10.6 Å². The van der Waals surface area contributed by atoms with Crippen molar-refractivity contribution in [3.05, 3.63) is 29.8 Å². The summed E-state index contributed by atoms with van der Waals surface area (Å²) in [7, 11) is 1.66. The van der Waals surface area contributed by atoms with E-state index in [0.717, 1.165) is 37.1 Å². The molecule has 19 heavy (non-hydrogen) atoms. The minimum absolute atomic E-state index is 0.0658. The molecule has 4 nitrogen and oxygen atoms in total. The normalized spacial score (nSPS) is 22.4. The second kappa shape index (κ2) is 6.17. The van der Waals surface area contributed by atoms with Gasteiger partial charge in [-0.2, -0.15) is 0 Å². The molecular weight excluding hydrogens is 240 g/mol. The molecule has 4 heteroatoms. The molecular formula is C15H22N2O2. The molecule has 2 rings (SSSR count). The fraction of sp³-hybridized carbons (Fsp3) is 0.533. The van der Waals surface area contributed by atoms with E-state index in [4.69, 9.17) is 4.74 Å². The molecule has 2 N–H and O–H groups in total. The molecule has 0 spiro atoms. The van der Waals surface area contributed by atoms with E-state index in [2.05, 4.69) is 17.6 Å². The number of carbonyl (C=O) groups is 1. The van der Waals surface area contributed by atoms with Crippen LogP contribution in [0.4, 0.5) is 5.69 Å². The number of carbonyl (C=O) groups excluding carboxylic acids is 1. The highest BCUT2D eigenvalue weighted by Gasteiger charge is 2.39. The van der Waals surface area contributed by atoms with Gasteiger partial charge in [-0.25, -0.2) is 0 Å². The van der Waals surface area contributed by atoms with Gasteiger partial charge in [0, 0.05) is 18.4 Å². The SMILES string of the molecule is CCC1(C(=O)Nc2ccccc2COC)CCCN1. The Morgan fingerprint density at radius 2 is 2.26 bits per heavy atom. The fourth-order valence-corrected chi connectivity index (χ4v) is 2.63. The van der Waals surface area contributed by atoms with Crippen molar-refractivity contribution in [3.63, 3.8) is 0 Å². The van der Waals surface area contributed by atoms with E-state index in [1.165, 1.54) is 0 Å². The molecule has 1 amide bonds. The Bertz CT molecular complexity index is 440. The number of anilines is 1. The van der Waals surface area contributed by atoms with Gasteiger partial charge in [0.05, 0.1) is 12.1 Å². The van der Waals surface area contributed by atoms with Crippen LogP contribution in [0.3, 0.4) is 0 Å². The van der Waals surface area contributed by atoms with E-state index in [-0.39, 0.29) is 5.91 Å². The molecule has 1 atom stereocenters. The monoisotopic (exact) mass is 262 g/mol. The van der Waals surface area contributed by atoms with Gasteiger partial charge in [-0.05, 0) is 31.9 Å². The number of hydrogen-bond acceptors (Lipinski definition) is 3. The van der Waals surface area contributed by atoms with Crippen LogP contribution in [0.2, 0.25) is 0 Å². The standard InChI is InChI=1S/C15H22N2O2/c1-3-15(9-6-10-16-15)14(18)17-13-8-5-4-7-12(13)11-19-2/h4-5,7-8,16H,3,6,9-11H2,1-2H3,(H,17,18). The summed E-state index contributed by atoms with van der Waals surface area (Å²) < 4.78 is 5.16. The Morgan fingerprint density at radius 3 is 2.89 bits per heavy atom. The summed E-state index contributed by atoms with van der Waals surface area (Å²) in [6, 6.07) is 7.77. The van der Waals surface area contributed by atoms with Gasteiger partial charge >= 0.3 is 0 Å². The quantitative estimate of drug-likeness (QED) is 0.856. The van der Waals surface area contributed by atoms with Crippen LogP contribution >= 0.6 is 0 Å². The summed E-state index contributed by atoms with van der Waals surface area (Å²) in [5.41, 5.74) is 1.44. The van der Waals surface area contributed by atoms with Crippen molar-refractivity contribution in [2.45, 2.75) is 38.3 Å². The Balaban J connectivity index is 2.14. The third-order valence-electron chi connectivity index (χ3n) is 3.85. The van der Waals surface area contributed by atoms with Gasteiger partial charge in [0.1, 0.15) is 0 Å². The van der Waals surface area contributed by atoms with Gasteiger partial charge in [-0.1, -0.05) is 25.1 Å². The molecule has 1 heterocycles. The van der Waals surface area contributed by atoms with Crippen LogP contribution in [0.5, 0.6) is 0 Å². The lowest BCUT2D eigenvalue weighted by atomic mass is 9.93. The molecule has 1 aromatic carbocycles. The van der Waals surface area contributed by atoms with Crippen molar-refractivity contribution in [1.29, 1.82) is 0 Å². The number of benzene rings is 1. The predicted molar refractivity (Wildman–Crippen MR) is 76.0 cm³/mol. The second-order valence-electron chi connectivity index (χ2n) is 5.01. The van der Waals surface area contributed by atoms with E-state index < -0.39 is 5.54 Å². The minimum Gasteiger partial charge on any atom is -0.380 e. The predicted octanol–water partition coefficient (Wildman–Crippen LogP) is 2.30. The maximum absolute atomic E-state index is 12.5. The number of nitrogens with one attached hydrogen (secondary N) is 2. The summed E-state index contributed by atoms with van der Waals surface area (Å²) in [5, 5.41) is 6.40. The first kappa shape index (κ1) is 14.0. The first-order valence-corrected chi connectivity index (χ1v) is 6.85. The smallest absolute Gasteiger partial charge is 0.244 e. The van der Waals surface area contributed by atoms with Crippen LogP contribution in [0.1, 0.15) is 31.7 Å². The number of hydrogen-bond donors (Lipinski definition) is 2. The molecule has 1 aromatic rings. The van der Waals surface area contributed by atoms with Gasteiger partial charge in [-0.15, -0.1) is 0 Å². The Kier molecular flexibility index (Phi) is 4.56. The Morgan fingerprint density at radius 1 is 1.47 bits per heavy atom. The van der Waals surface area contributed by atoms with Crippen molar-refractivity contribution >= 4 is 11.6 Å². The topological polar surface area (TPSA) is 50.4 Å². The summed E-state index contributed by atoms with van der Waals surface area (Å²) in [6.07, 6.45) is 2.77. The lowest BCUT2D eigenvalue weighted by molar-refractivity contribution is -0.122. The highest BCUT2D eigenvalue weighted by atomic mass is 16.5. The zero-order chi connectivity index (χ0) is 13.7. The molecule has 0 aromatic heterocycles. The number of ether oxygens (including phenoxy) is 1. The van der Waals surface area contributed by atoms with Crippen molar-refractivity contribution < 1.29 is 9.53 Å². The van der Waals surface area contributed by atoms with Crippen molar-refractivity contribution in [2.24, 2.45) is 0 Å². The summed E-state index contributed by atoms with van der Waals surface area (Å²) in [4.78, 5) is 12.5. The van der Waals surface area contributed by atoms with Crippen molar-refractivity contribution in [2.75, 3.05) is 19.0 Å². The van der Waals surface area contributed by atoms with Gasteiger partial charge in [-0.3, -0.25) is 4.79 Å². The third kappa shape index (κ3) is 2.96. The molecule has 1 saturated heterocycles. The molecule has 1 fully saturated rings. The lowest BCUT2D eigenvalue weighted by Gasteiger charge is -2.27. The summed E-state index contributed by atoms with van der Waals surface area (Å²) >= 11 is 0. The zero-order valence-corrected chi connectivity index (χ0v) is 11.7. The molecule has 1 aliphatic rings. The number of amides is 1. The largest absolute Gasteiger partial charge is 0.380 e. The van der Waals surface area contributed by atoms with Crippen LogP contribution in [0.25, 0.3) is 0 Å². The molecule has 0 radical (unpaired) electrons. The fourth-order valence-electron chi connectivity index (χ4n) is 2.63. The molecule has 0 bridgehead atoms. The third-order valence-corrected chi connectivity index (χ3v) is 3.85. The van der Waals surface area contributed by atoms with Crippen molar-refractivity contribution in [3.8, 4) is 0 Å². The van der Waals surface area contributed by atoms with Crippen LogP contribution in [0.15, 0.2) is 24.3 Å². The molecule has 0 saturated carbocycles. The molecule has 0 aliphatic carbocycles.